The molecule has 0 aliphatic carbocycles. The molecule has 1 aliphatic rings. The highest BCUT2D eigenvalue weighted by atomic mass is 16.5. The fourth-order valence-electron chi connectivity index (χ4n) is 5.26. The maximum atomic E-state index is 14.6. The second-order valence-corrected chi connectivity index (χ2v) is 10.6. The smallest absolute Gasteiger partial charge is 0.252 e. The summed E-state index contributed by atoms with van der Waals surface area (Å²) >= 11 is 0. The van der Waals surface area contributed by atoms with Gasteiger partial charge < -0.3 is 29.4 Å². The molecular formula is C35H35N5O6. The van der Waals surface area contributed by atoms with Gasteiger partial charge in [0, 0.05) is 42.2 Å². The number of aliphatic imine (C=N–C) groups is 1. The van der Waals surface area contributed by atoms with Gasteiger partial charge >= 0.3 is 0 Å². The summed E-state index contributed by atoms with van der Waals surface area (Å²) in [5.74, 6) is 1.84. The summed E-state index contributed by atoms with van der Waals surface area (Å²) < 4.78 is 23.1. The molecule has 1 heterocycles. The molecule has 1 aliphatic heterocycles. The molecule has 46 heavy (non-hydrogen) atoms. The van der Waals surface area contributed by atoms with Crippen LogP contribution in [0.25, 0.3) is 10.4 Å². The van der Waals surface area contributed by atoms with Crippen LogP contribution in [0.5, 0.6) is 17.2 Å². The highest BCUT2D eigenvalue weighted by molar-refractivity contribution is 6.01. The van der Waals surface area contributed by atoms with Crippen LogP contribution in [0.1, 0.15) is 34.8 Å². The number of hydrogen-bond donors (Lipinski definition) is 2. The highest BCUT2D eigenvalue weighted by Gasteiger charge is 2.53. The summed E-state index contributed by atoms with van der Waals surface area (Å²) in [6.45, 7) is 0.658. The quantitative estimate of drug-likeness (QED) is 0.0739. The average molecular weight is 622 g/mol. The molecule has 0 unspecified atom stereocenters. The highest BCUT2D eigenvalue weighted by Crippen LogP contribution is 2.44. The Bertz CT molecular complexity index is 1720. The van der Waals surface area contributed by atoms with Crippen molar-refractivity contribution >= 4 is 17.5 Å². The molecule has 11 heteroatoms. The molecule has 0 spiro atoms. The van der Waals surface area contributed by atoms with Crippen molar-refractivity contribution in [2.75, 3.05) is 27.4 Å². The van der Waals surface area contributed by atoms with Crippen LogP contribution in [-0.2, 0) is 22.5 Å². The second kappa shape index (κ2) is 15.0. The molecule has 0 saturated heterocycles. The largest absolute Gasteiger partial charge is 0.497 e. The van der Waals surface area contributed by atoms with Crippen LogP contribution in [0.2, 0.25) is 0 Å². The summed E-state index contributed by atoms with van der Waals surface area (Å²) in [5, 5.41) is 16.1. The van der Waals surface area contributed by atoms with Gasteiger partial charge in [0.15, 0.2) is 11.6 Å². The topological polar surface area (TPSA) is 147 Å². The number of amides is 1. The van der Waals surface area contributed by atoms with E-state index in [9.17, 15) is 10.3 Å². The van der Waals surface area contributed by atoms with Gasteiger partial charge in [0.1, 0.15) is 17.2 Å². The van der Waals surface area contributed by atoms with Gasteiger partial charge in [-0.2, -0.15) is 0 Å². The predicted octanol–water partition coefficient (Wildman–Crippen LogP) is 6.22. The van der Waals surface area contributed by atoms with Crippen molar-refractivity contribution in [2.45, 2.75) is 31.0 Å². The summed E-state index contributed by atoms with van der Waals surface area (Å²) in [6.07, 6.45) is -0.275. The van der Waals surface area contributed by atoms with Crippen LogP contribution >= 0.6 is 0 Å². The lowest BCUT2D eigenvalue weighted by molar-refractivity contribution is -0.129. The molecule has 4 aromatic rings. The Hall–Kier alpha value is -5.51. The number of azide groups is 1. The standard InChI is InChI=1S/C35H35N5O6/c1-43-28-15-11-24(12-16-28)23-37-34(42)35(22-27-7-3-4-10-31(27)39-40-36)32(26-8-5-9-30(21-26)44-2)46-33(38-35)25-13-17-29(18-14-25)45-20-6-19-41/h3-5,7-18,21,32,41H,6,19-20,22-23H2,1-2H3,(H,37,42)/t32-,35-/m1/s1. The van der Waals surface area contributed by atoms with Gasteiger partial charge in [-0.1, -0.05) is 53.6 Å². The zero-order chi connectivity index (χ0) is 32.4. The molecule has 11 nitrogen and oxygen atoms in total. The van der Waals surface area contributed by atoms with E-state index >= 15 is 0 Å². The molecular weight excluding hydrogens is 586 g/mol. The lowest BCUT2D eigenvalue weighted by atomic mass is 9.81. The monoisotopic (exact) mass is 621 g/mol. The fraction of sp³-hybridized carbons (Fsp3) is 0.257. The Morgan fingerprint density at radius 1 is 0.978 bits per heavy atom. The van der Waals surface area contributed by atoms with Crippen LogP contribution in [0.15, 0.2) is 107 Å². The second-order valence-electron chi connectivity index (χ2n) is 10.6. The Balaban J connectivity index is 1.59. The van der Waals surface area contributed by atoms with Gasteiger partial charge in [-0.05, 0) is 70.8 Å². The number of hydrogen-bond acceptors (Lipinski definition) is 8. The van der Waals surface area contributed by atoms with Crippen molar-refractivity contribution in [3.63, 3.8) is 0 Å². The summed E-state index contributed by atoms with van der Waals surface area (Å²) in [5.41, 5.74) is 11.0. The predicted molar refractivity (Wildman–Crippen MR) is 174 cm³/mol. The van der Waals surface area contributed by atoms with E-state index in [-0.39, 0.29) is 31.4 Å². The lowest BCUT2D eigenvalue weighted by Crippen LogP contribution is -2.49. The number of aliphatic hydroxyl groups is 1. The Morgan fingerprint density at radius 2 is 1.72 bits per heavy atom. The molecule has 2 atom stereocenters. The first-order chi connectivity index (χ1) is 22.5. The maximum absolute atomic E-state index is 14.6. The van der Waals surface area contributed by atoms with E-state index in [4.69, 9.17) is 29.0 Å². The van der Waals surface area contributed by atoms with Gasteiger partial charge in [-0.25, -0.2) is 4.99 Å². The lowest BCUT2D eigenvalue weighted by Gasteiger charge is -2.31. The van der Waals surface area contributed by atoms with E-state index in [1.807, 2.05) is 72.8 Å². The first-order valence-electron chi connectivity index (χ1n) is 14.8. The molecule has 0 bridgehead atoms. The Labute approximate surface area is 267 Å². The molecule has 1 amide bonds. The van der Waals surface area contributed by atoms with E-state index in [1.165, 1.54) is 0 Å². The van der Waals surface area contributed by atoms with Gasteiger partial charge in [0.25, 0.3) is 5.91 Å². The van der Waals surface area contributed by atoms with E-state index in [2.05, 4.69) is 15.3 Å². The summed E-state index contributed by atoms with van der Waals surface area (Å²) in [4.78, 5) is 22.6. The SMILES string of the molecule is COc1ccc(CNC(=O)[C@]2(Cc3ccccc3N=[N+]=[N-])N=C(c3ccc(OCCCO)cc3)O[C@@H]2c2cccc(OC)c2)cc1. The normalized spacial score (nSPS) is 16.8. The maximum Gasteiger partial charge on any atom is 0.252 e. The van der Waals surface area contributed by atoms with Crippen LogP contribution in [-0.4, -0.2) is 49.9 Å². The number of carbonyl (C=O) groups excluding carboxylic acids is 1. The van der Waals surface area contributed by atoms with E-state index in [0.717, 1.165) is 5.56 Å². The number of ether oxygens (including phenoxy) is 4. The van der Waals surface area contributed by atoms with Gasteiger partial charge in [-0.15, -0.1) is 0 Å². The van der Waals surface area contributed by atoms with Crippen molar-refractivity contribution in [3.8, 4) is 17.2 Å². The number of nitrogens with one attached hydrogen (secondary N) is 1. The van der Waals surface area contributed by atoms with E-state index < -0.39 is 11.6 Å². The zero-order valence-electron chi connectivity index (χ0n) is 25.6. The molecule has 0 fully saturated rings. The molecule has 4 aromatic carbocycles. The van der Waals surface area contributed by atoms with Crippen LogP contribution in [0.3, 0.4) is 0 Å². The molecule has 236 valence electrons. The minimum absolute atomic E-state index is 0.0415. The third kappa shape index (κ3) is 7.23. The third-order valence-electron chi connectivity index (χ3n) is 7.64. The van der Waals surface area contributed by atoms with Crippen LogP contribution in [0.4, 0.5) is 5.69 Å². The van der Waals surface area contributed by atoms with Crippen molar-refractivity contribution in [3.05, 3.63) is 130 Å². The first kappa shape index (κ1) is 31.9. The average Bonchev–Trinajstić information content (AvgIpc) is 3.49. The minimum Gasteiger partial charge on any atom is -0.497 e. The molecule has 5 rings (SSSR count). The van der Waals surface area contributed by atoms with Crippen molar-refractivity contribution in [1.82, 2.24) is 5.32 Å². The first-order valence-corrected chi connectivity index (χ1v) is 14.8. The minimum atomic E-state index is -1.51. The van der Waals surface area contributed by atoms with E-state index in [1.54, 1.807) is 38.5 Å². The van der Waals surface area contributed by atoms with Gasteiger partial charge in [-0.3, -0.25) is 4.79 Å². The number of benzene rings is 4. The summed E-state index contributed by atoms with van der Waals surface area (Å²) in [6, 6.07) is 29.1. The van der Waals surface area contributed by atoms with Crippen molar-refractivity contribution in [2.24, 2.45) is 10.1 Å². The molecule has 2 N–H and O–H groups in total. The molecule has 0 radical (unpaired) electrons. The third-order valence-corrected chi connectivity index (χ3v) is 7.64. The zero-order valence-corrected chi connectivity index (χ0v) is 25.6. The number of carbonyl (C=O) groups is 1. The number of methoxy groups -OCH3 is 2. The number of aliphatic hydroxyl groups excluding tert-OH is 1. The van der Waals surface area contributed by atoms with E-state index in [0.29, 0.717) is 52.7 Å². The fourth-order valence-corrected chi connectivity index (χ4v) is 5.26. The molecule has 0 aromatic heterocycles. The van der Waals surface area contributed by atoms with Gasteiger partial charge in [0.2, 0.25) is 5.90 Å². The van der Waals surface area contributed by atoms with Crippen molar-refractivity contribution in [1.29, 1.82) is 0 Å². The number of rotatable bonds is 14. The Morgan fingerprint density at radius 3 is 2.43 bits per heavy atom. The molecule has 0 saturated carbocycles. The van der Waals surface area contributed by atoms with Crippen LogP contribution in [0, 0.1) is 0 Å². The number of nitrogens with zero attached hydrogens (tertiary/aromatic N) is 4. The Kier molecular flexibility index (Phi) is 10.4. The van der Waals surface area contributed by atoms with Crippen molar-refractivity contribution < 1.29 is 28.8 Å². The van der Waals surface area contributed by atoms with Crippen LogP contribution < -0.4 is 19.5 Å². The van der Waals surface area contributed by atoms with Gasteiger partial charge in [0.05, 0.1) is 20.8 Å². The summed E-state index contributed by atoms with van der Waals surface area (Å²) in [7, 11) is 3.17.